The fourth-order valence-corrected chi connectivity index (χ4v) is 3.05. The second-order valence-corrected chi connectivity index (χ2v) is 7.26. The number of ether oxygens (including phenoxy) is 1. The number of carbonyl (C=O) groups is 2. The minimum atomic E-state index is -0.921. The Morgan fingerprint density at radius 1 is 1.39 bits per heavy atom. The summed E-state index contributed by atoms with van der Waals surface area (Å²) in [6.07, 6.45) is 12.1. The molecule has 1 aliphatic heterocycles. The lowest BCUT2D eigenvalue weighted by atomic mass is 9.89. The number of hydrogen-bond acceptors (Lipinski definition) is 4. The van der Waals surface area contributed by atoms with Crippen molar-refractivity contribution >= 4 is 12.6 Å². The van der Waals surface area contributed by atoms with Crippen LogP contribution in [0, 0.1) is 5.92 Å². The van der Waals surface area contributed by atoms with Gasteiger partial charge in [0.2, 0.25) is 0 Å². The summed E-state index contributed by atoms with van der Waals surface area (Å²) >= 11 is 0. The Hall–Kier alpha value is -1.52. The molecule has 0 bridgehead atoms. The Kier molecular flexibility index (Phi) is 5.37. The summed E-state index contributed by atoms with van der Waals surface area (Å²) in [4.78, 5) is 22.8. The monoisotopic (exact) mass is 318 g/mol. The van der Waals surface area contributed by atoms with E-state index < -0.39 is 5.60 Å². The fraction of sp³-hybridized carbons (Fsp3) is 0.579. The molecule has 2 rings (SSSR count). The van der Waals surface area contributed by atoms with Gasteiger partial charge in [0, 0.05) is 5.92 Å². The molecule has 0 aromatic rings. The zero-order valence-corrected chi connectivity index (χ0v) is 14.1. The van der Waals surface area contributed by atoms with Crippen molar-refractivity contribution in [3.63, 3.8) is 0 Å². The largest absolute Gasteiger partial charge is 0.386 e. The molecular weight excluding hydrogens is 292 g/mol. The van der Waals surface area contributed by atoms with Crippen LogP contribution in [-0.4, -0.2) is 35.0 Å². The van der Waals surface area contributed by atoms with Gasteiger partial charge in [-0.25, -0.2) is 0 Å². The van der Waals surface area contributed by atoms with E-state index in [0.29, 0.717) is 12.0 Å². The summed E-state index contributed by atoms with van der Waals surface area (Å²) in [5.74, 6) is -0.0982. The maximum atomic E-state index is 11.5. The molecule has 0 aromatic carbocycles. The summed E-state index contributed by atoms with van der Waals surface area (Å²) in [6, 6.07) is 0. The van der Waals surface area contributed by atoms with Gasteiger partial charge in [0.1, 0.15) is 12.6 Å². The molecule has 2 aliphatic rings. The van der Waals surface area contributed by atoms with Gasteiger partial charge in [-0.1, -0.05) is 24.3 Å². The lowest BCUT2D eigenvalue weighted by Gasteiger charge is -2.15. The van der Waals surface area contributed by atoms with Gasteiger partial charge in [-0.15, -0.1) is 0 Å². The van der Waals surface area contributed by atoms with Gasteiger partial charge < -0.3 is 9.84 Å². The molecule has 23 heavy (non-hydrogen) atoms. The third-order valence-electron chi connectivity index (χ3n) is 4.61. The first-order valence-electron chi connectivity index (χ1n) is 8.18. The van der Waals surface area contributed by atoms with Gasteiger partial charge in [-0.2, -0.15) is 0 Å². The van der Waals surface area contributed by atoms with Gasteiger partial charge in [-0.05, 0) is 57.6 Å². The van der Waals surface area contributed by atoms with Gasteiger partial charge in [0.15, 0.2) is 0 Å². The summed E-state index contributed by atoms with van der Waals surface area (Å²) in [5.41, 5.74) is 0.317. The molecule has 0 spiro atoms. The molecular formula is C19H26O4. The first-order valence-corrected chi connectivity index (χ1v) is 8.18. The van der Waals surface area contributed by atoms with Crippen LogP contribution in [0.5, 0.6) is 0 Å². The lowest BCUT2D eigenvalue weighted by molar-refractivity contribution is -0.106. The molecule has 4 nitrogen and oxygen atoms in total. The van der Waals surface area contributed by atoms with Crippen LogP contribution in [0.25, 0.3) is 0 Å². The Balaban J connectivity index is 2.21. The second-order valence-electron chi connectivity index (χ2n) is 7.26. The highest BCUT2D eigenvalue weighted by molar-refractivity contribution is 5.77. The summed E-state index contributed by atoms with van der Waals surface area (Å²) < 4.78 is 5.76. The van der Waals surface area contributed by atoms with E-state index in [1.165, 1.54) is 0 Å². The Morgan fingerprint density at radius 2 is 2.13 bits per heavy atom. The maximum absolute atomic E-state index is 11.5. The molecule has 1 heterocycles. The van der Waals surface area contributed by atoms with Crippen LogP contribution in [-0.2, 0) is 14.3 Å². The van der Waals surface area contributed by atoms with E-state index in [0.717, 1.165) is 37.4 Å². The van der Waals surface area contributed by atoms with Crippen molar-refractivity contribution < 1.29 is 19.4 Å². The quantitative estimate of drug-likeness (QED) is 0.366. The molecule has 0 radical (unpaired) electrons. The minimum absolute atomic E-state index is 0.0982. The van der Waals surface area contributed by atoms with E-state index in [1.54, 1.807) is 32.1 Å². The molecule has 4 heteroatoms. The standard InChI is InChI=1S/C19H26O4/c1-18(2,22)9-4-5-16(13-21)15-8-10-19(3)17(23-19)7-6-14(11-15)12-20/h4-5,9,11-13,15,17,22H,6-8,10H2,1-3H3. The van der Waals surface area contributed by atoms with E-state index in [9.17, 15) is 14.7 Å². The van der Waals surface area contributed by atoms with Gasteiger partial charge in [-0.3, -0.25) is 9.59 Å². The maximum Gasteiger partial charge on any atom is 0.146 e. The van der Waals surface area contributed by atoms with Crippen LogP contribution in [0.2, 0.25) is 0 Å². The molecule has 1 aliphatic carbocycles. The number of fused-ring (bicyclic) bond motifs is 1. The number of rotatable bonds is 5. The Bertz CT molecular complexity index is 550. The highest BCUT2D eigenvalue weighted by Crippen LogP contribution is 2.45. The van der Waals surface area contributed by atoms with E-state index in [1.807, 2.05) is 6.08 Å². The van der Waals surface area contributed by atoms with E-state index in [-0.39, 0.29) is 17.6 Å². The van der Waals surface area contributed by atoms with E-state index >= 15 is 0 Å². The van der Waals surface area contributed by atoms with Crippen molar-refractivity contribution in [1.82, 2.24) is 0 Å². The smallest absolute Gasteiger partial charge is 0.146 e. The molecule has 1 fully saturated rings. The summed E-state index contributed by atoms with van der Waals surface area (Å²) in [7, 11) is 0. The number of allylic oxidation sites excluding steroid dienone is 5. The van der Waals surface area contributed by atoms with Crippen LogP contribution in [0.4, 0.5) is 0 Å². The van der Waals surface area contributed by atoms with Gasteiger partial charge >= 0.3 is 0 Å². The third kappa shape index (κ3) is 4.98. The molecule has 1 N–H and O–H groups in total. The average Bonchev–Trinajstić information content (AvgIpc) is 3.12. The Morgan fingerprint density at radius 3 is 2.74 bits per heavy atom. The van der Waals surface area contributed by atoms with Crippen molar-refractivity contribution in [3.05, 3.63) is 35.5 Å². The minimum Gasteiger partial charge on any atom is -0.386 e. The van der Waals surface area contributed by atoms with Crippen LogP contribution in [0.15, 0.2) is 35.5 Å². The van der Waals surface area contributed by atoms with Crippen LogP contribution >= 0.6 is 0 Å². The Labute approximate surface area is 137 Å². The average molecular weight is 318 g/mol. The summed E-state index contributed by atoms with van der Waals surface area (Å²) in [6.45, 7) is 5.44. The highest BCUT2D eigenvalue weighted by Gasteiger charge is 2.51. The summed E-state index contributed by atoms with van der Waals surface area (Å²) in [5, 5.41) is 9.71. The third-order valence-corrected chi connectivity index (χ3v) is 4.61. The fourth-order valence-electron chi connectivity index (χ4n) is 3.05. The van der Waals surface area contributed by atoms with Crippen molar-refractivity contribution in [2.24, 2.45) is 5.92 Å². The van der Waals surface area contributed by atoms with Crippen molar-refractivity contribution in [3.8, 4) is 0 Å². The normalized spacial score (nSPS) is 32.3. The molecule has 1 saturated heterocycles. The van der Waals surface area contributed by atoms with Crippen molar-refractivity contribution in [1.29, 1.82) is 0 Å². The van der Waals surface area contributed by atoms with E-state index in [2.05, 4.69) is 6.92 Å². The van der Waals surface area contributed by atoms with Crippen molar-refractivity contribution in [2.75, 3.05) is 0 Å². The number of epoxide rings is 1. The SMILES string of the molecule is CC(C)(O)C=CC=C(C=O)C1C=C(C=O)CCC2OC2(C)CC1. The number of hydrogen-bond donors (Lipinski definition) is 1. The molecule has 3 unspecified atom stereocenters. The van der Waals surface area contributed by atoms with E-state index in [4.69, 9.17) is 4.74 Å². The first kappa shape index (κ1) is 17.8. The van der Waals surface area contributed by atoms with Crippen LogP contribution in [0.1, 0.15) is 46.5 Å². The van der Waals surface area contributed by atoms with Gasteiger partial charge in [0.05, 0.1) is 17.3 Å². The lowest BCUT2D eigenvalue weighted by Crippen LogP contribution is -2.14. The number of aldehydes is 2. The first-order chi connectivity index (χ1) is 10.8. The highest BCUT2D eigenvalue weighted by atomic mass is 16.6. The molecule has 3 atom stereocenters. The zero-order valence-electron chi connectivity index (χ0n) is 14.1. The molecule has 0 saturated carbocycles. The van der Waals surface area contributed by atoms with Gasteiger partial charge in [0.25, 0.3) is 0 Å². The number of aliphatic hydroxyl groups is 1. The molecule has 126 valence electrons. The molecule has 0 aromatic heterocycles. The predicted octanol–water partition coefficient (Wildman–Crippen LogP) is 2.91. The zero-order chi connectivity index (χ0) is 17.1. The predicted molar refractivity (Wildman–Crippen MR) is 89.0 cm³/mol. The van der Waals surface area contributed by atoms with Crippen LogP contribution in [0.3, 0.4) is 0 Å². The second kappa shape index (κ2) is 6.93. The van der Waals surface area contributed by atoms with Crippen molar-refractivity contribution in [2.45, 2.75) is 63.8 Å². The molecule has 0 amide bonds. The van der Waals surface area contributed by atoms with Crippen LogP contribution < -0.4 is 0 Å². The number of carbonyl (C=O) groups excluding carboxylic acids is 2. The topological polar surface area (TPSA) is 66.9 Å².